The number of aromatic nitrogens is 1. The van der Waals surface area contributed by atoms with E-state index in [0.717, 1.165) is 28.7 Å². The molecule has 1 saturated heterocycles. The van der Waals surface area contributed by atoms with Crippen molar-refractivity contribution in [1.29, 1.82) is 0 Å². The van der Waals surface area contributed by atoms with Gasteiger partial charge in [-0.15, -0.1) is 0 Å². The zero-order valence-corrected chi connectivity index (χ0v) is 23.4. The molecule has 0 saturated carbocycles. The molecule has 220 valence electrons. The number of halogens is 3. The Bertz CT molecular complexity index is 1390. The van der Waals surface area contributed by atoms with Crippen LogP contribution >= 0.6 is 0 Å². The topological polar surface area (TPSA) is 107 Å². The molecule has 4 atom stereocenters. The van der Waals surface area contributed by atoms with Crippen molar-refractivity contribution in [2.45, 2.75) is 52.4 Å². The number of hydrogen-bond donors (Lipinski definition) is 2. The molecule has 1 aromatic heterocycles. The summed E-state index contributed by atoms with van der Waals surface area (Å²) in [4.78, 5) is 31.9. The molecular weight excluding hydrogens is 539 g/mol. The molecule has 3 unspecified atom stereocenters. The number of carbonyl (C=O) groups is 2. The maximum atomic E-state index is 15.0. The van der Waals surface area contributed by atoms with Crippen LogP contribution in [-0.2, 0) is 11.2 Å². The summed E-state index contributed by atoms with van der Waals surface area (Å²) < 4.78 is 50.0. The monoisotopic (exact) mass is 573 g/mol. The Hall–Kier alpha value is -3.86. The average Bonchev–Trinajstić information content (AvgIpc) is 3.47. The Labute approximate surface area is 236 Å². The summed E-state index contributed by atoms with van der Waals surface area (Å²) in [5, 5.41) is 19.7. The molecule has 0 radical (unpaired) electrons. The fourth-order valence-electron chi connectivity index (χ4n) is 5.26. The number of carboxylic acid groups (broad SMARTS) is 1. The molecule has 0 aliphatic carbocycles. The number of hydrogen-bond acceptors (Lipinski definition) is 5. The van der Waals surface area contributed by atoms with Gasteiger partial charge < -0.3 is 24.4 Å². The van der Waals surface area contributed by atoms with Crippen LogP contribution < -0.4 is 0 Å². The van der Waals surface area contributed by atoms with Gasteiger partial charge in [0.25, 0.3) is 5.91 Å². The predicted molar refractivity (Wildman–Crippen MR) is 145 cm³/mol. The number of aliphatic hydroxyl groups is 1. The first-order valence-electron chi connectivity index (χ1n) is 13.4. The van der Waals surface area contributed by atoms with Gasteiger partial charge in [0.2, 0.25) is 5.89 Å². The van der Waals surface area contributed by atoms with Gasteiger partial charge in [0.15, 0.2) is 0 Å². The standard InChI is InChI=1S/C30H34F3N3O5/c1-17(37)28(38)36(15-19-14-35(29(39)40)16-23(19)33)26(30(2,3)4)25-24(12-18-8-6-5-7-9-18)41-27(34-25)21-13-20(31)10-11-22(21)32/h5-11,13,17,19,23,26,37H,12,14-16H2,1-4H3,(H,39,40)/t17?,19?,23?,26-/m0/s1. The second kappa shape index (κ2) is 11.9. The van der Waals surface area contributed by atoms with Gasteiger partial charge in [-0.1, -0.05) is 51.1 Å². The van der Waals surface area contributed by atoms with E-state index in [9.17, 15) is 28.6 Å². The van der Waals surface area contributed by atoms with Gasteiger partial charge in [0.1, 0.15) is 35.4 Å². The molecule has 8 nitrogen and oxygen atoms in total. The van der Waals surface area contributed by atoms with Crippen LogP contribution in [0.15, 0.2) is 52.9 Å². The second-order valence-corrected chi connectivity index (χ2v) is 11.5. The maximum Gasteiger partial charge on any atom is 0.407 e. The van der Waals surface area contributed by atoms with E-state index in [1.807, 2.05) is 51.1 Å². The number of rotatable bonds is 8. The summed E-state index contributed by atoms with van der Waals surface area (Å²) in [5.41, 5.74) is 0.0939. The number of likely N-dealkylation sites (tertiary alicyclic amines) is 1. The molecule has 2 amide bonds. The van der Waals surface area contributed by atoms with Crippen molar-refractivity contribution in [2.24, 2.45) is 11.3 Å². The molecule has 1 fully saturated rings. The van der Waals surface area contributed by atoms with Crippen molar-refractivity contribution in [1.82, 2.24) is 14.8 Å². The van der Waals surface area contributed by atoms with Gasteiger partial charge in [-0.3, -0.25) is 4.79 Å². The summed E-state index contributed by atoms with van der Waals surface area (Å²) in [5.74, 6) is -2.92. The van der Waals surface area contributed by atoms with Gasteiger partial charge in [0, 0.05) is 25.4 Å². The van der Waals surface area contributed by atoms with E-state index in [-0.39, 0.29) is 49.0 Å². The van der Waals surface area contributed by atoms with Crippen molar-refractivity contribution >= 4 is 12.0 Å². The fourth-order valence-corrected chi connectivity index (χ4v) is 5.26. The van der Waals surface area contributed by atoms with E-state index in [4.69, 9.17) is 4.42 Å². The van der Waals surface area contributed by atoms with Crippen LogP contribution in [0.2, 0.25) is 0 Å². The molecule has 2 aromatic carbocycles. The van der Waals surface area contributed by atoms with Crippen LogP contribution in [0, 0.1) is 23.0 Å². The number of aliphatic hydroxyl groups excluding tert-OH is 1. The van der Waals surface area contributed by atoms with E-state index in [2.05, 4.69) is 4.98 Å². The van der Waals surface area contributed by atoms with Crippen LogP contribution in [0.1, 0.15) is 50.8 Å². The number of carbonyl (C=O) groups excluding carboxylic acids is 1. The molecular formula is C30H34F3N3O5. The Morgan fingerprint density at radius 1 is 1.15 bits per heavy atom. The Balaban J connectivity index is 1.86. The first kappa shape index (κ1) is 30.1. The second-order valence-electron chi connectivity index (χ2n) is 11.5. The Morgan fingerprint density at radius 2 is 1.83 bits per heavy atom. The van der Waals surface area contributed by atoms with Gasteiger partial charge in [-0.2, -0.15) is 0 Å². The lowest BCUT2D eigenvalue weighted by Gasteiger charge is -2.41. The van der Waals surface area contributed by atoms with E-state index in [1.54, 1.807) is 0 Å². The van der Waals surface area contributed by atoms with Crippen LogP contribution in [0.5, 0.6) is 0 Å². The third kappa shape index (κ3) is 6.73. The van der Waals surface area contributed by atoms with Crippen LogP contribution in [0.4, 0.5) is 18.0 Å². The third-order valence-electron chi connectivity index (χ3n) is 7.19. The van der Waals surface area contributed by atoms with Gasteiger partial charge >= 0.3 is 6.09 Å². The predicted octanol–water partition coefficient (Wildman–Crippen LogP) is 5.46. The van der Waals surface area contributed by atoms with Crippen molar-refractivity contribution < 1.29 is 37.4 Å². The van der Waals surface area contributed by atoms with Crippen LogP contribution in [0.3, 0.4) is 0 Å². The molecule has 0 bridgehead atoms. The minimum absolute atomic E-state index is 0.133. The van der Waals surface area contributed by atoms with Crippen molar-refractivity contribution in [3.8, 4) is 11.5 Å². The normalized spacial score (nSPS) is 18.8. The summed E-state index contributed by atoms with van der Waals surface area (Å²) in [7, 11) is 0. The van der Waals surface area contributed by atoms with E-state index >= 15 is 4.39 Å². The zero-order valence-electron chi connectivity index (χ0n) is 23.4. The summed E-state index contributed by atoms with van der Waals surface area (Å²) in [6.45, 7) is 6.10. The highest BCUT2D eigenvalue weighted by molar-refractivity contribution is 5.81. The van der Waals surface area contributed by atoms with Crippen molar-refractivity contribution in [3.05, 3.63) is 77.2 Å². The van der Waals surface area contributed by atoms with Crippen molar-refractivity contribution in [3.63, 3.8) is 0 Å². The third-order valence-corrected chi connectivity index (χ3v) is 7.19. The fraction of sp³-hybridized carbons (Fsp3) is 0.433. The minimum atomic E-state index is -1.53. The van der Waals surface area contributed by atoms with E-state index in [1.165, 1.54) is 11.8 Å². The lowest BCUT2D eigenvalue weighted by molar-refractivity contribution is -0.145. The summed E-state index contributed by atoms with van der Waals surface area (Å²) in [6.07, 6.45) is -4.06. The quantitative estimate of drug-likeness (QED) is 0.371. The first-order chi connectivity index (χ1) is 19.3. The molecule has 2 N–H and O–H groups in total. The number of benzene rings is 2. The first-order valence-corrected chi connectivity index (χ1v) is 13.4. The highest BCUT2D eigenvalue weighted by Crippen LogP contribution is 2.42. The minimum Gasteiger partial charge on any atom is -0.465 e. The summed E-state index contributed by atoms with van der Waals surface area (Å²) in [6, 6.07) is 11.2. The van der Waals surface area contributed by atoms with Gasteiger partial charge in [-0.05, 0) is 36.1 Å². The zero-order chi connectivity index (χ0) is 30.1. The molecule has 1 aliphatic rings. The highest BCUT2D eigenvalue weighted by Gasteiger charge is 2.44. The largest absolute Gasteiger partial charge is 0.465 e. The lowest BCUT2D eigenvalue weighted by Crippen LogP contribution is -2.48. The van der Waals surface area contributed by atoms with Gasteiger partial charge in [-0.25, -0.2) is 22.9 Å². The molecule has 3 aromatic rings. The maximum absolute atomic E-state index is 15.0. The molecule has 4 rings (SSSR count). The highest BCUT2D eigenvalue weighted by atomic mass is 19.1. The summed E-state index contributed by atoms with van der Waals surface area (Å²) >= 11 is 0. The number of nitrogens with zero attached hydrogens (tertiary/aromatic N) is 3. The molecule has 0 spiro atoms. The van der Waals surface area contributed by atoms with Crippen LogP contribution in [0.25, 0.3) is 11.5 Å². The van der Waals surface area contributed by atoms with Crippen LogP contribution in [-0.4, -0.2) is 68.9 Å². The van der Waals surface area contributed by atoms with E-state index < -0.39 is 53.3 Å². The molecule has 11 heteroatoms. The SMILES string of the molecule is CC(O)C(=O)N(CC1CN(C(=O)O)CC1F)[C@@H](c1nc(-c2cc(F)ccc2F)oc1Cc1ccccc1)C(C)(C)C. The number of amides is 2. The Kier molecular flexibility index (Phi) is 8.77. The smallest absolute Gasteiger partial charge is 0.407 e. The van der Waals surface area contributed by atoms with Gasteiger partial charge in [0.05, 0.1) is 18.2 Å². The molecule has 2 heterocycles. The molecule has 1 aliphatic heterocycles. The Morgan fingerprint density at radius 3 is 2.41 bits per heavy atom. The average molecular weight is 574 g/mol. The van der Waals surface area contributed by atoms with E-state index in [0.29, 0.717) is 0 Å². The number of oxazole rings is 1. The molecule has 41 heavy (non-hydrogen) atoms. The lowest BCUT2D eigenvalue weighted by atomic mass is 9.81. The van der Waals surface area contributed by atoms with Crippen molar-refractivity contribution in [2.75, 3.05) is 19.6 Å². The number of alkyl halides is 1.